The molecule has 6 nitrogen and oxygen atoms in total. The van der Waals surface area contributed by atoms with Crippen molar-refractivity contribution < 1.29 is 4.79 Å². The van der Waals surface area contributed by atoms with E-state index in [2.05, 4.69) is 17.2 Å². The molecule has 0 fully saturated rings. The number of aryl methyl sites for hydroxylation is 2. The largest absolute Gasteiger partial charge is 0.397 e. The van der Waals surface area contributed by atoms with E-state index < -0.39 is 0 Å². The first-order valence-electron chi connectivity index (χ1n) is 6.32. The van der Waals surface area contributed by atoms with E-state index in [1.807, 2.05) is 22.4 Å². The van der Waals surface area contributed by atoms with Gasteiger partial charge in [0.15, 0.2) is 0 Å². The third kappa shape index (κ3) is 2.96. The summed E-state index contributed by atoms with van der Waals surface area (Å²) >= 11 is 0. The van der Waals surface area contributed by atoms with Crippen LogP contribution in [0.3, 0.4) is 0 Å². The molecule has 2 rings (SSSR count). The third-order valence-electron chi connectivity index (χ3n) is 2.94. The average Bonchev–Trinajstić information content (AvgIpc) is 2.93. The monoisotopic (exact) mass is 261 g/mol. The van der Waals surface area contributed by atoms with Crippen LogP contribution in [0.1, 0.15) is 29.7 Å². The lowest BCUT2D eigenvalue weighted by Crippen LogP contribution is -2.26. The van der Waals surface area contributed by atoms with Crippen LogP contribution < -0.4 is 11.1 Å². The van der Waals surface area contributed by atoms with Gasteiger partial charge in [0.2, 0.25) is 0 Å². The molecule has 0 unspecified atom stereocenters. The van der Waals surface area contributed by atoms with E-state index in [1.54, 1.807) is 18.5 Å². The zero-order valence-corrected chi connectivity index (χ0v) is 11.3. The molecule has 0 saturated carbocycles. The molecule has 0 aromatic carbocycles. The van der Waals surface area contributed by atoms with Crippen molar-refractivity contribution in [1.29, 1.82) is 0 Å². The van der Waals surface area contributed by atoms with Gasteiger partial charge >= 0.3 is 0 Å². The topological polar surface area (TPSA) is 77.9 Å². The summed E-state index contributed by atoms with van der Waals surface area (Å²) in [6, 6.07) is 1.70. The minimum absolute atomic E-state index is 0.131. The highest BCUT2D eigenvalue weighted by atomic mass is 16.1. The quantitative estimate of drug-likeness (QED) is 0.847. The normalized spacial score (nSPS) is 10.6. The lowest BCUT2D eigenvalue weighted by molar-refractivity contribution is 0.0940. The summed E-state index contributed by atoms with van der Waals surface area (Å²) < 4.78 is 3.75. The molecule has 0 radical (unpaired) electrons. The van der Waals surface area contributed by atoms with Crippen LogP contribution >= 0.6 is 0 Å². The lowest BCUT2D eigenvalue weighted by atomic mass is 10.3. The van der Waals surface area contributed by atoms with Gasteiger partial charge in [-0.25, -0.2) is 4.98 Å². The molecule has 0 saturated heterocycles. The highest BCUT2D eigenvalue weighted by Gasteiger charge is 2.12. The SMILES string of the molecule is CCCn1cc(N)cc1C(=O)NCc1nccn1C. The minimum Gasteiger partial charge on any atom is -0.397 e. The van der Waals surface area contributed by atoms with Gasteiger partial charge in [-0.15, -0.1) is 0 Å². The number of hydrogen-bond acceptors (Lipinski definition) is 3. The molecule has 0 bridgehead atoms. The van der Waals surface area contributed by atoms with Gasteiger partial charge in [-0.1, -0.05) is 6.92 Å². The Morgan fingerprint density at radius 2 is 2.32 bits per heavy atom. The molecule has 3 N–H and O–H groups in total. The fraction of sp³-hybridized carbons (Fsp3) is 0.385. The van der Waals surface area contributed by atoms with E-state index >= 15 is 0 Å². The molecule has 19 heavy (non-hydrogen) atoms. The summed E-state index contributed by atoms with van der Waals surface area (Å²) in [5, 5.41) is 2.86. The number of rotatable bonds is 5. The second-order valence-corrected chi connectivity index (χ2v) is 4.49. The number of nitrogen functional groups attached to an aromatic ring is 1. The molecule has 0 spiro atoms. The van der Waals surface area contributed by atoms with Gasteiger partial charge < -0.3 is 20.2 Å². The number of aromatic nitrogens is 3. The summed E-state index contributed by atoms with van der Waals surface area (Å²) in [5.74, 6) is 0.683. The summed E-state index contributed by atoms with van der Waals surface area (Å²) in [6.45, 7) is 3.24. The van der Waals surface area contributed by atoms with Gasteiger partial charge in [0.25, 0.3) is 5.91 Å². The Morgan fingerprint density at radius 1 is 1.53 bits per heavy atom. The fourth-order valence-corrected chi connectivity index (χ4v) is 1.97. The van der Waals surface area contributed by atoms with Crippen molar-refractivity contribution in [1.82, 2.24) is 19.4 Å². The Bertz CT molecular complexity index is 569. The zero-order valence-electron chi connectivity index (χ0n) is 11.3. The smallest absolute Gasteiger partial charge is 0.268 e. The molecule has 0 aliphatic carbocycles. The predicted molar refractivity (Wildman–Crippen MR) is 73.5 cm³/mol. The van der Waals surface area contributed by atoms with E-state index in [1.165, 1.54) is 0 Å². The number of hydrogen-bond donors (Lipinski definition) is 2. The Hall–Kier alpha value is -2.24. The first kappa shape index (κ1) is 13.2. The maximum atomic E-state index is 12.1. The van der Waals surface area contributed by atoms with E-state index in [9.17, 15) is 4.79 Å². The van der Waals surface area contributed by atoms with Crippen LogP contribution in [-0.4, -0.2) is 20.0 Å². The van der Waals surface area contributed by atoms with Crippen molar-refractivity contribution in [3.8, 4) is 0 Å². The van der Waals surface area contributed by atoms with E-state index in [4.69, 9.17) is 5.73 Å². The second kappa shape index (κ2) is 5.60. The Labute approximate surface area is 112 Å². The van der Waals surface area contributed by atoms with E-state index in [0.717, 1.165) is 18.8 Å². The first-order chi connectivity index (χ1) is 9.11. The van der Waals surface area contributed by atoms with Crippen LogP contribution in [0.25, 0.3) is 0 Å². The summed E-state index contributed by atoms with van der Waals surface area (Å²) in [7, 11) is 1.90. The molecule has 2 aromatic heterocycles. The number of anilines is 1. The van der Waals surface area contributed by atoms with Crippen LogP contribution in [0.15, 0.2) is 24.7 Å². The molecule has 1 amide bonds. The minimum atomic E-state index is -0.131. The molecule has 2 aromatic rings. The maximum absolute atomic E-state index is 12.1. The fourth-order valence-electron chi connectivity index (χ4n) is 1.97. The first-order valence-corrected chi connectivity index (χ1v) is 6.32. The van der Waals surface area contributed by atoms with Crippen molar-refractivity contribution in [3.05, 3.63) is 36.2 Å². The van der Waals surface area contributed by atoms with Crippen LogP contribution in [-0.2, 0) is 20.1 Å². The predicted octanol–water partition coefficient (Wildman–Crippen LogP) is 1.14. The number of carbonyl (C=O) groups excluding carboxylic acids is 1. The number of imidazole rings is 1. The van der Waals surface area contributed by atoms with Crippen LogP contribution in [0.2, 0.25) is 0 Å². The van der Waals surface area contributed by atoms with Crippen molar-refractivity contribution in [2.75, 3.05) is 5.73 Å². The van der Waals surface area contributed by atoms with Gasteiger partial charge in [-0.3, -0.25) is 4.79 Å². The summed E-state index contributed by atoms with van der Waals surface area (Å²) in [5.41, 5.74) is 6.94. The van der Waals surface area contributed by atoms with Gasteiger partial charge in [-0.2, -0.15) is 0 Å². The van der Waals surface area contributed by atoms with Crippen molar-refractivity contribution in [3.63, 3.8) is 0 Å². The lowest BCUT2D eigenvalue weighted by Gasteiger charge is -2.08. The number of nitrogens with one attached hydrogen (secondary N) is 1. The molecule has 2 heterocycles. The van der Waals surface area contributed by atoms with Crippen molar-refractivity contribution >= 4 is 11.6 Å². The van der Waals surface area contributed by atoms with Crippen molar-refractivity contribution in [2.45, 2.75) is 26.4 Å². The van der Waals surface area contributed by atoms with Gasteiger partial charge in [-0.05, 0) is 12.5 Å². The Kier molecular flexibility index (Phi) is 3.89. The van der Waals surface area contributed by atoms with E-state index in [-0.39, 0.29) is 5.91 Å². The zero-order chi connectivity index (χ0) is 13.8. The van der Waals surface area contributed by atoms with Gasteiger partial charge in [0.05, 0.1) is 12.2 Å². The second-order valence-electron chi connectivity index (χ2n) is 4.49. The summed E-state index contributed by atoms with van der Waals surface area (Å²) in [6.07, 6.45) is 6.30. The molecule has 0 atom stereocenters. The van der Waals surface area contributed by atoms with Crippen LogP contribution in [0.4, 0.5) is 5.69 Å². The molecule has 102 valence electrons. The highest BCUT2D eigenvalue weighted by Crippen LogP contribution is 2.11. The highest BCUT2D eigenvalue weighted by molar-refractivity contribution is 5.93. The van der Waals surface area contributed by atoms with Crippen molar-refractivity contribution in [2.24, 2.45) is 7.05 Å². The van der Waals surface area contributed by atoms with Gasteiger partial charge in [0.1, 0.15) is 11.5 Å². The molecule has 0 aliphatic rings. The Morgan fingerprint density at radius 3 is 2.95 bits per heavy atom. The number of nitrogens with two attached hydrogens (primary N) is 1. The molecular weight excluding hydrogens is 242 g/mol. The number of nitrogens with zero attached hydrogens (tertiary/aromatic N) is 3. The average molecular weight is 261 g/mol. The van der Waals surface area contributed by atoms with E-state index in [0.29, 0.717) is 17.9 Å². The summed E-state index contributed by atoms with van der Waals surface area (Å²) in [4.78, 5) is 16.3. The number of carbonyl (C=O) groups is 1. The maximum Gasteiger partial charge on any atom is 0.268 e. The molecular formula is C13H19N5O. The van der Waals surface area contributed by atoms with Gasteiger partial charge in [0, 0.05) is 32.2 Å². The number of amides is 1. The van der Waals surface area contributed by atoms with Crippen LogP contribution in [0, 0.1) is 0 Å². The standard InChI is InChI=1S/C13H19N5O/c1-3-5-18-9-10(14)7-11(18)13(19)16-8-12-15-4-6-17(12)2/h4,6-7,9H,3,5,8,14H2,1-2H3,(H,16,19). The molecule has 0 aliphatic heterocycles. The molecule has 6 heteroatoms. The Balaban J connectivity index is 2.05. The van der Waals surface area contributed by atoms with Crippen LogP contribution in [0.5, 0.6) is 0 Å². The third-order valence-corrected chi connectivity index (χ3v) is 2.94.